The molecule has 1 fully saturated rings. The number of rotatable bonds is 7. The number of nitrogens with one attached hydrogen (secondary N) is 1. The highest BCUT2D eigenvalue weighted by Crippen LogP contribution is 2.29. The van der Waals surface area contributed by atoms with Crippen molar-refractivity contribution in [3.05, 3.63) is 46.4 Å². The molecule has 29 heavy (non-hydrogen) atoms. The maximum absolute atomic E-state index is 13.3. The lowest BCUT2D eigenvalue weighted by molar-refractivity contribution is -0.135. The summed E-state index contributed by atoms with van der Waals surface area (Å²) in [6.07, 6.45) is 3.80. The molecule has 2 atom stereocenters. The molecule has 0 aliphatic carbocycles. The summed E-state index contributed by atoms with van der Waals surface area (Å²) in [5.74, 6) is 0.475. The van der Waals surface area contributed by atoms with E-state index in [1.165, 1.54) is 0 Å². The molecule has 1 aliphatic heterocycles. The molecule has 1 aromatic heterocycles. The molecule has 1 saturated heterocycles. The average Bonchev–Trinajstić information content (AvgIpc) is 3.27. The number of nitrogens with zero attached hydrogens (tertiary/aromatic N) is 2. The molecule has 156 valence electrons. The summed E-state index contributed by atoms with van der Waals surface area (Å²) in [5.41, 5.74) is 0.451. The van der Waals surface area contributed by atoms with Crippen LogP contribution < -0.4 is 10.1 Å². The first-order valence-corrected chi connectivity index (χ1v) is 11.1. The number of likely N-dealkylation sites (tertiary alicyclic amines) is 1. The number of ether oxygens (including phenoxy) is 1. The number of benzene rings is 1. The number of hydrogen-bond donors (Lipinski definition) is 1. The molecule has 2 unspecified atom stereocenters. The lowest BCUT2D eigenvalue weighted by Gasteiger charge is -2.35. The molecule has 0 bridgehead atoms. The minimum atomic E-state index is -0.577. The van der Waals surface area contributed by atoms with Crippen LogP contribution >= 0.6 is 11.3 Å². The highest BCUT2D eigenvalue weighted by Gasteiger charge is 2.33. The van der Waals surface area contributed by atoms with E-state index in [1.54, 1.807) is 29.5 Å². The van der Waals surface area contributed by atoms with Crippen LogP contribution in [-0.2, 0) is 4.79 Å². The van der Waals surface area contributed by atoms with Crippen molar-refractivity contribution in [2.75, 3.05) is 19.7 Å². The van der Waals surface area contributed by atoms with Gasteiger partial charge in [0.15, 0.2) is 0 Å². The van der Waals surface area contributed by atoms with Crippen LogP contribution in [0, 0.1) is 5.92 Å². The number of carbonyl (C=O) groups is 2. The third-order valence-electron chi connectivity index (χ3n) is 5.18. The van der Waals surface area contributed by atoms with Gasteiger partial charge in [0.1, 0.15) is 11.8 Å². The molecular weight excluding hydrogens is 386 g/mol. The van der Waals surface area contributed by atoms with Gasteiger partial charge in [0.05, 0.1) is 17.2 Å². The lowest BCUT2D eigenvalue weighted by atomic mass is 9.96. The first-order chi connectivity index (χ1) is 14.0. The fourth-order valence-corrected chi connectivity index (χ4v) is 4.45. The molecule has 7 heteroatoms. The van der Waals surface area contributed by atoms with Gasteiger partial charge < -0.3 is 15.0 Å². The van der Waals surface area contributed by atoms with Crippen LogP contribution in [0.25, 0.3) is 0 Å². The van der Waals surface area contributed by atoms with Crippen LogP contribution in [0.15, 0.2) is 35.8 Å². The Labute approximate surface area is 176 Å². The number of carbonyl (C=O) groups excluding carboxylic acids is 2. The second-order valence-electron chi connectivity index (χ2n) is 7.62. The highest BCUT2D eigenvalue weighted by molar-refractivity contribution is 7.09. The molecule has 1 N–H and O–H groups in total. The zero-order valence-corrected chi connectivity index (χ0v) is 18.1. The first-order valence-electron chi connectivity index (χ1n) is 10.2. The Morgan fingerprint density at radius 3 is 2.83 bits per heavy atom. The molecule has 0 spiro atoms. The summed E-state index contributed by atoms with van der Waals surface area (Å²) in [4.78, 5) is 32.5. The number of para-hydroxylation sites is 1. The molecular formula is C22H29N3O3S. The number of amides is 2. The van der Waals surface area contributed by atoms with Crippen LogP contribution in [0.1, 0.15) is 54.9 Å². The van der Waals surface area contributed by atoms with Crippen molar-refractivity contribution in [2.24, 2.45) is 5.92 Å². The van der Waals surface area contributed by atoms with E-state index in [4.69, 9.17) is 4.74 Å². The molecule has 1 aromatic carbocycles. The number of aromatic nitrogens is 1. The maximum Gasteiger partial charge on any atom is 0.255 e. The van der Waals surface area contributed by atoms with Gasteiger partial charge in [-0.15, -0.1) is 11.3 Å². The summed E-state index contributed by atoms with van der Waals surface area (Å²) < 4.78 is 5.57. The van der Waals surface area contributed by atoms with Gasteiger partial charge in [-0.2, -0.15) is 0 Å². The molecule has 6 nitrogen and oxygen atoms in total. The van der Waals surface area contributed by atoms with Crippen molar-refractivity contribution in [3.63, 3.8) is 0 Å². The monoisotopic (exact) mass is 415 g/mol. The molecule has 2 heterocycles. The second-order valence-corrected chi connectivity index (χ2v) is 8.54. The SMILES string of the molecule is CCOc1ccccc1C(=O)NC(C(=O)N1CCCC(c2nccs2)C1)C(C)C. The van der Waals surface area contributed by atoms with E-state index in [2.05, 4.69) is 10.3 Å². The average molecular weight is 416 g/mol. The Balaban J connectivity index is 1.72. The summed E-state index contributed by atoms with van der Waals surface area (Å²) >= 11 is 1.64. The molecule has 0 saturated carbocycles. The predicted molar refractivity (Wildman–Crippen MR) is 114 cm³/mol. The Morgan fingerprint density at radius 2 is 2.14 bits per heavy atom. The van der Waals surface area contributed by atoms with Crippen molar-refractivity contribution in [1.29, 1.82) is 0 Å². The van der Waals surface area contributed by atoms with Crippen molar-refractivity contribution in [3.8, 4) is 5.75 Å². The van der Waals surface area contributed by atoms with E-state index in [9.17, 15) is 9.59 Å². The molecule has 2 amide bonds. The number of thiazole rings is 1. The third-order valence-corrected chi connectivity index (χ3v) is 6.12. The van der Waals surface area contributed by atoms with E-state index in [1.807, 2.05) is 43.3 Å². The van der Waals surface area contributed by atoms with E-state index in [0.717, 1.165) is 24.4 Å². The van der Waals surface area contributed by atoms with Crippen molar-refractivity contribution >= 4 is 23.2 Å². The highest BCUT2D eigenvalue weighted by atomic mass is 32.1. The Hall–Kier alpha value is -2.41. The van der Waals surface area contributed by atoms with Crippen LogP contribution in [0.2, 0.25) is 0 Å². The summed E-state index contributed by atoms with van der Waals surface area (Å²) in [6, 6.07) is 6.55. The van der Waals surface area contributed by atoms with Gasteiger partial charge in [-0.1, -0.05) is 26.0 Å². The van der Waals surface area contributed by atoms with E-state index >= 15 is 0 Å². The minimum Gasteiger partial charge on any atom is -0.493 e. The van der Waals surface area contributed by atoms with Gasteiger partial charge >= 0.3 is 0 Å². The maximum atomic E-state index is 13.3. The summed E-state index contributed by atoms with van der Waals surface area (Å²) in [7, 11) is 0. The summed E-state index contributed by atoms with van der Waals surface area (Å²) in [5, 5.41) is 6.01. The Morgan fingerprint density at radius 1 is 1.34 bits per heavy atom. The van der Waals surface area contributed by atoms with Gasteiger partial charge in [-0.05, 0) is 37.8 Å². The van der Waals surface area contributed by atoms with Crippen LogP contribution in [-0.4, -0.2) is 47.4 Å². The van der Waals surface area contributed by atoms with Gasteiger partial charge in [0, 0.05) is 30.6 Å². The van der Waals surface area contributed by atoms with Crippen molar-refractivity contribution in [1.82, 2.24) is 15.2 Å². The van der Waals surface area contributed by atoms with Crippen LogP contribution in [0.5, 0.6) is 5.75 Å². The predicted octanol–water partition coefficient (Wildman–Crippen LogP) is 3.70. The van der Waals surface area contributed by atoms with Crippen molar-refractivity contribution < 1.29 is 14.3 Å². The minimum absolute atomic E-state index is 0.0223. The quantitative estimate of drug-likeness (QED) is 0.748. The zero-order chi connectivity index (χ0) is 20.8. The van der Waals surface area contributed by atoms with Crippen LogP contribution in [0.4, 0.5) is 0 Å². The lowest BCUT2D eigenvalue weighted by Crippen LogP contribution is -2.53. The second kappa shape index (κ2) is 9.87. The van der Waals surface area contributed by atoms with E-state index < -0.39 is 6.04 Å². The number of hydrogen-bond acceptors (Lipinski definition) is 5. The van der Waals surface area contributed by atoms with Gasteiger partial charge in [-0.3, -0.25) is 9.59 Å². The van der Waals surface area contributed by atoms with E-state index in [0.29, 0.717) is 24.5 Å². The van der Waals surface area contributed by atoms with Gasteiger partial charge in [0.25, 0.3) is 5.91 Å². The fraction of sp³-hybridized carbons (Fsp3) is 0.500. The Bertz CT molecular complexity index is 822. The molecule has 2 aromatic rings. The van der Waals surface area contributed by atoms with Gasteiger partial charge in [0.2, 0.25) is 5.91 Å². The smallest absolute Gasteiger partial charge is 0.255 e. The van der Waals surface area contributed by atoms with E-state index in [-0.39, 0.29) is 23.7 Å². The van der Waals surface area contributed by atoms with Crippen LogP contribution in [0.3, 0.4) is 0 Å². The normalized spacial score (nSPS) is 17.8. The molecule has 3 rings (SSSR count). The van der Waals surface area contributed by atoms with Gasteiger partial charge in [-0.25, -0.2) is 4.98 Å². The first kappa shape index (κ1) is 21.3. The largest absolute Gasteiger partial charge is 0.493 e. The Kier molecular flexibility index (Phi) is 7.25. The van der Waals surface area contributed by atoms with Crippen molar-refractivity contribution in [2.45, 2.75) is 45.6 Å². The standard InChI is InChI=1S/C22H29N3O3S/c1-4-28-18-10-6-5-9-17(18)20(26)24-19(15(2)3)22(27)25-12-7-8-16(14-25)21-23-11-13-29-21/h5-6,9-11,13,15-16,19H,4,7-8,12,14H2,1-3H3,(H,24,26). The fourth-order valence-electron chi connectivity index (χ4n) is 3.68. The third kappa shape index (κ3) is 5.15. The zero-order valence-electron chi connectivity index (χ0n) is 17.3. The number of piperidine rings is 1. The molecule has 0 radical (unpaired) electrons. The summed E-state index contributed by atoms with van der Waals surface area (Å²) in [6.45, 7) is 7.64. The topological polar surface area (TPSA) is 71.5 Å². The molecule has 1 aliphatic rings.